The summed E-state index contributed by atoms with van der Waals surface area (Å²) in [7, 11) is 0. The second kappa shape index (κ2) is 11.7. The van der Waals surface area contributed by atoms with Gasteiger partial charge in [0.2, 0.25) is 5.91 Å². The Morgan fingerprint density at radius 3 is 2.38 bits per heavy atom. The molecule has 2 N–H and O–H groups in total. The highest BCUT2D eigenvalue weighted by molar-refractivity contribution is 6.30. The van der Waals surface area contributed by atoms with E-state index in [2.05, 4.69) is 15.7 Å². The molecule has 4 rings (SSSR count). The molecule has 0 saturated heterocycles. The molecular formula is C28H27ClFN5O2. The summed E-state index contributed by atoms with van der Waals surface area (Å²) in [5.74, 6) is -0.243. The summed E-state index contributed by atoms with van der Waals surface area (Å²) in [6.07, 6.45) is 0. The quantitative estimate of drug-likeness (QED) is 0.280. The van der Waals surface area contributed by atoms with Crippen LogP contribution in [-0.4, -0.2) is 39.7 Å². The molecule has 0 fully saturated rings. The first-order valence-corrected chi connectivity index (χ1v) is 12.2. The molecule has 37 heavy (non-hydrogen) atoms. The van der Waals surface area contributed by atoms with Gasteiger partial charge in [0.1, 0.15) is 18.2 Å². The number of aromatic nitrogens is 2. The first kappa shape index (κ1) is 25.9. The lowest BCUT2D eigenvalue weighted by molar-refractivity contribution is -0.116. The minimum absolute atomic E-state index is 0.132. The number of carbonyl (C=O) groups is 2. The van der Waals surface area contributed by atoms with Gasteiger partial charge in [-0.15, -0.1) is 0 Å². The standard InChI is InChI=1S/C28H27ClFN5O2/c1-19(2)17-34(28(37)31-23-10-6-9-21(29)15-23)18-27(36)32-26-16-25(20-7-4-3-5-8-20)33-35(26)24-13-11-22(30)12-14-24/h3-16,19H,17-18H2,1-2H3,(H,31,37)(H,32,36). The molecule has 190 valence electrons. The maximum Gasteiger partial charge on any atom is 0.322 e. The fourth-order valence-corrected chi connectivity index (χ4v) is 3.97. The predicted molar refractivity (Wildman–Crippen MR) is 144 cm³/mol. The molecule has 4 aromatic rings. The van der Waals surface area contributed by atoms with Gasteiger partial charge in [-0.05, 0) is 48.4 Å². The van der Waals surface area contributed by atoms with Gasteiger partial charge >= 0.3 is 6.03 Å². The van der Waals surface area contributed by atoms with Crippen LogP contribution in [0.1, 0.15) is 13.8 Å². The third-order valence-electron chi connectivity index (χ3n) is 5.40. The number of halogens is 2. The molecule has 0 aliphatic heterocycles. The highest BCUT2D eigenvalue weighted by Crippen LogP contribution is 2.25. The molecule has 0 spiro atoms. The Balaban J connectivity index is 1.56. The summed E-state index contributed by atoms with van der Waals surface area (Å²) in [6.45, 7) is 4.12. The minimum Gasteiger partial charge on any atom is -0.315 e. The van der Waals surface area contributed by atoms with E-state index in [9.17, 15) is 14.0 Å². The van der Waals surface area contributed by atoms with Crippen LogP contribution in [0.2, 0.25) is 5.02 Å². The van der Waals surface area contributed by atoms with E-state index in [-0.39, 0.29) is 18.3 Å². The van der Waals surface area contributed by atoms with Gasteiger partial charge in [-0.2, -0.15) is 5.10 Å². The monoisotopic (exact) mass is 519 g/mol. The van der Waals surface area contributed by atoms with Gasteiger partial charge in [0, 0.05) is 28.9 Å². The van der Waals surface area contributed by atoms with Gasteiger partial charge in [0.15, 0.2) is 0 Å². The Morgan fingerprint density at radius 1 is 0.973 bits per heavy atom. The van der Waals surface area contributed by atoms with Gasteiger partial charge in [-0.3, -0.25) is 4.79 Å². The number of benzene rings is 3. The molecule has 0 atom stereocenters. The lowest BCUT2D eigenvalue weighted by Crippen LogP contribution is -2.42. The van der Waals surface area contributed by atoms with Gasteiger partial charge in [-0.25, -0.2) is 13.9 Å². The first-order valence-electron chi connectivity index (χ1n) is 11.8. The average molecular weight is 520 g/mol. The number of nitrogens with zero attached hydrogens (tertiary/aromatic N) is 3. The van der Waals surface area contributed by atoms with Crippen LogP contribution in [0.4, 0.5) is 20.7 Å². The van der Waals surface area contributed by atoms with E-state index in [0.717, 1.165) is 5.56 Å². The second-order valence-corrected chi connectivity index (χ2v) is 9.37. The van der Waals surface area contributed by atoms with Crippen LogP contribution >= 0.6 is 11.6 Å². The van der Waals surface area contributed by atoms with E-state index < -0.39 is 11.9 Å². The number of anilines is 2. The summed E-state index contributed by atoms with van der Waals surface area (Å²) >= 11 is 6.03. The molecule has 0 bridgehead atoms. The van der Waals surface area contributed by atoms with Crippen LogP contribution < -0.4 is 10.6 Å². The zero-order chi connectivity index (χ0) is 26.4. The molecule has 3 aromatic carbocycles. The van der Waals surface area contributed by atoms with Crippen LogP contribution in [0.3, 0.4) is 0 Å². The number of amides is 3. The van der Waals surface area contributed by atoms with Gasteiger partial charge in [0.25, 0.3) is 0 Å². The maximum atomic E-state index is 13.5. The fraction of sp³-hybridized carbons (Fsp3) is 0.179. The molecular weight excluding hydrogens is 493 g/mol. The van der Waals surface area contributed by atoms with E-state index >= 15 is 0 Å². The van der Waals surface area contributed by atoms with E-state index in [1.807, 2.05) is 44.2 Å². The zero-order valence-corrected chi connectivity index (χ0v) is 21.2. The molecule has 3 amide bonds. The highest BCUT2D eigenvalue weighted by Gasteiger charge is 2.21. The molecule has 1 aromatic heterocycles. The SMILES string of the molecule is CC(C)CN(CC(=O)Nc1cc(-c2ccccc2)nn1-c1ccc(F)cc1)C(=O)Nc1cccc(Cl)c1. The highest BCUT2D eigenvalue weighted by atomic mass is 35.5. The normalized spacial score (nSPS) is 10.8. The Morgan fingerprint density at radius 2 is 1.70 bits per heavy atom. The number of urea groups is 1. The average Bonchev–Trinajstić information content (AvgIpc) is 3.28. The van der Waals surface area contributed by atoms with Crippen LogP contribution in [0, 0.1) is 11.7 Å². The third-order valence-corrected chi connectivity index (χ3v) is 5.64. The second-order valence-electron chi connectivity index (χ2n) is 8.93. The van der Waals surface area contributed by atoms with Crippen LogP contribution in [0.25, 0.3) is 16.9 Å². The molecule has 0 aliphatic rings. The van der Waals surface area contributed by atoms with E-state index in [0.29, 0.717) is 34.5 Å². The predicted octanol–water partition coefficient (Wildman–Crippen LogP) is 6.46. The molecule has 0 unspecified atom stereocenters. The summed E-state index contributed by atoms with van der Waals surface area (Å²) in [6, 6.07) is 23.5. The van der Waals surface area contributed by atoms with E-state index in [1.54, 1.807) is 47.1 Å². The summed E-state index contributed by atoms with van der Waals surface area (Å²) in [4.78, 5) is 27.6. The summed E-state index contributed by atoms with van der Waals surface area (Å²) < 4.78 is 15.1. The summed E-state index contributed by atoms with van der Waals surface area (Å²) in [5.41, 5.74) is 2.62. The number of carbonyl (C=O) groups excluding carboxylic acids is 2. The van der Waals surface area contributed by atoms with Crippen molar-refractivity contribution in [1.82, 2.24) is 14.7 Å². The van der Waals surface area contributed by atoms with Crippen molar-refractivity contribution in [3.05, 3.63) is 95.8 Å². The van der Waals surface area contributed by atoms with Gasteiger partial charge in [-0.1, -0.05) is 61.8 Å². The lowest BCUT2D eigenvalue weighted by Gasteiger charge is -2.24. The van der Waals surface area contributed by atoms with Crippen molar-refractivity contribution >= 4 is 35.0 Å². The molecule has 0 saturated carbocycles. The summed E-state index contributed by atoms with van der Waals surface area (Å²) in [5, 5.41) is 10.8. The molecule has 7 nitrogen and oxygen atoms in total. The Bertz CT molecular complexity index is 1370. The Kier molecular flexibility index (Phi) is 8.20. The van der Waals surface area contributed by atoms with Crippen molar-refractivity contribution in [2.24, 2.45) is 5.92 Å². The maximum absolute atomic E-state index is 13.5. The van der Waals surface area contributed by atoms with E-state index in [1.165, 1.54) is 17.0 Å². The van der Waals surface area contributed by atoms with Crippen molar-refractivity contribution < 1.29 is 14.0 Å². The number of hydrogen-bond donors (Lipinski definition) is 2. The minimum atomic E-state index is -0.414. The largest absolute Gasteiger partial charge is 0.322 e. The van der Waals surface area contributed by atoms with E-state index in [4.69, 9.17) is 11.6 Å². The van der Waals surface area contributed by atoms with Crippen LogP contribution in [0.5, 0.6) is 0 Å². The van der Waals surface area contributed by atoms with Crippen molar-refractivity contribution in [3.63, 3.8) is 0 Å². The van der Waals surface area contributed by atoms with Crippen LogP contribution in [-0.2, 0) is 4.79 Å². The Hall–Kier alpha value is -4.17. The topological polar surface area (TPSA) is 79.3 Å². The molecule has 0 radical (unpaired) electrons. The van der Waals surface area contributed by atoms with Crippen molar-refractivity contribution in [3.8, 4) is 16.9 Å². The number of hydrogen-bond acceptors (Lipinski definition) is 3. The van der Waals surface area contributed by atoms with Crippen molar-refractivity contribution in [1.29, 1.82) is 0 Å². The number of nitrogens with one attached hydrogen (secondary N) is 2. The zero-order valence-electron chi connectivity index (χ0n) is 20.5. The molecule has 1 heterocycles. The smallest absolute Gasteiger partial charge is 0.315 e. The Labute approximate surface area is 219 Å². The molecule has 9 heteroatoms. The van der Waals surface area contributed by atoms with Gasteiger partial charge in [0.05, 0.1) is 11.4 Å². The third kappa shape index (κ3) is 6.95. The first-order chi connectivity index (χ1) is 17.8. The molecule has 0 aliphatic carbocycles. The van der Waals surface area contributed by atoms with Gasteiger partial charge < -0.3 is 15.5 Å². The number of rotatable bonds is 8. The lowest BCUT2D eigenvalue weighted by atomic mass is 10.1. The van der Waals surface area contributed by atoms with Crippen molar-refractivity contribution in [2.75, 3.05) is 23.7 Å². The fourth-order valence-electron chi connectivity index (χ4n) is 3.78. The van der Waals surface area contributed by atoms with Crippen LogP contribution in [0.15, 0.2) is 84.9 Å². The van der Waals surface area contributed by atoms with Crippen molar-refractivity contribution in [2.45, 2.75) is 13.8 Å².